The maximum Gasteiger partial charge on any atom is 0.336 e. The summed E-state index contributed by atoms with van der Waals surface area (Å²) < 4.78 is 5.13. The molecule has 5 rings (SSSR count). The highest BCUT2D eigenvalue weighted by atomic mass is 16.5. The number of amides is 1. The molecule has 176 valence electrons. The lowest BCUT2D eigenvalue weighted by molar-refractivity contribution is -0.139. The van der Waals surface area contributed by atoms with Gasteiger partial charge >= 0.3 is 5.97 Å². The smallest absolute Gasteiger partial charge is 0.336 e. The number of hydrazine groups is 2. The molecular weight excluding hydrogens is 424 g/mol. The topological polar surface area (TPSA) is 115 Å². The number of rotatable bonds is 5. The SMILES string of the molecule is CC1=C(N2CC[C@]3(CC[C@](C)(N(C)Cc4ccc(N5C=NNN5)nn4)CC3)C2=O)COC1=O. The first-order valence-electron chi connectivity index (χ1n) is 11.4. The molecule has 0 atom stereocenters. The molecule has 1 aliphatic carbocycles. The number of hydrazone groups is 1. The van der Waals surface area contributed by atoms with Crippen molar-refractivity contribution in [3.05, 3.63) is 29.1 Å². The molecule has 2 fully saturated rings. The van der Waals surface area contributed by atoms with Gasteiger partial charge in [-0.15, -0.1) is 10.6 Å². The van der Waals surface area contributed by atoms with Crippen LogP contribution in [0.1, 0.15) is 51.6 Å². The fraction of sp³-hybridized carbons (Fsp3) is 0.591. The Balaban J connectivity index is 1.21. The summed E-state index contributed by atoms with van der Waals surface area (Å²) in [5.74, 6) is 0.508. The van der Waals surface area contributed by atoms with Crippen LogP contribution < -0.4 is 16.1 Å². The summed E-state index contributed by atoms with van der Waals surface area (Å²) in [6.45, 7) is 5.58. The summed E-state index contributed by atoms with van der Waals surface area (Å²) in [5.41, 5.74) is 7.33. The van der Waals surface area contributed by atoms with Crippen molar-refractivity contribution >= 4 is 24.0 Å². The van der Waals surface area contributed by atoms with Gasteiger partial charge < -0.3 is 9.64 Å². The zero-order valence-electron chi connectivity index (χ0n) is 19.3. The Morgan fingerprint density at radius 3 is 2.55 bits per heavy atom. The van der Waals surface area contributed by atoms with E-state index in [1.807, 2.05) is 12.1 Å². The van der Waals surface area contributed by atoms with Crippen molar-refractivity contribution in [1.82, 2.24) is 31.1 Å². The van der Waals surface area contributed by atoms with E-state index in [0.29, 0.717) is 24.5 Å². The van der Waals surface area contributed by atoms with E-state index in [-0.39, 0.29) is 29.4 Å². The summed E-state index contributed by atoms with van der Waals surface area (Å²) in [6.07, 6.45) is 6.00. The second kappa shape index (κ2) is 8.07. The lowest BCUT2D eigenvalue weighted by Crippen LogP contribution is -2.50. The van der Waals surface area contributed by atoms with Crippen molar-refractivity contribution in [3.8, 4) is 0 Å². The predicted molar refractivity (Wildman–Crippen MR) is 120 cm³/mol. The third-order valence-corrected chi connectivity index (χ3v) is 7.88. The first-order chi connectivity index (χ1) is 15.8. The average molecular weight is 455 g/mol. The largest absolute Gasteiger partial charge is 0.456 e. The van der Waals surface area contributed by atoms with E-state index in [9.17, 15) is 9.59 Å². The van der Waals surface area contributed by atoms with E-state index >= 15 is 0 Å². The molecule has 1 saturated carbocycles. The third kappa shape index (κ3) is 3.74. The zero-order valence-corrected chi connectivity index (χ0v) is 19.3. The van der Waals surface area contributed by atoms with Gasteiger partial charge in [-0.2, -0.15) is 10.2 Å². The first-order valence-corrected chi connectivity index (χ1v) is 11.4. The van der Waals surface area contributed by atoms with Crippen LogP contribution in [0.3, 0.4) is 0 Å². The van der Waals surface area contributed by atoms with E-state index in [1.54, 1.807) is 23.2 Å². The molecule has 4 aliphatic rings. The number of nitrogens with zero attached hydrogens (tertiary/aromatic N) is 6. The Kier molecular flexibility index (Phi) is 5.32. The van der Waals surface area contributed by atoms with Gasteiger partial charge in [-0.25, -0.2) is 15.3 Å². The lowest BCUT2D eigenvalue weighted by Gasteiger charge is -2.47. The molecule has 3 aliphatic heterocycles. The van der Waals surface area contributed by atoms with Crippen LogP contribution in [0.5, 0.6) is 0 Å². The van der Waals surface area contributed by atoms with E-state index < -0.39 is 0 Å². The van der Waals surface area contributed by atoms with E-state index in [0.717, 1.165) is 43.5 Å². The van der Waals surface area contributed by atoms with Crippen molar-refractivity contribution in [2.24, 2.45) is 10.5 Å². The Labute approximate surface area is 192 Å². The van der Waals surface area contributed by atoms with Gasteiger partial charge in [-0.3, -0.25) is 9.69 Å². The average Bonchev–Trinajstić information content (AvgIpc) is 3.54. The van der Waals surface area contributed by atoms with Gasteiger partial charge in [0.1, 0.15) is 12.9 Å². The number of ether oxygens (including phenoxy) is 1. The molecule has 1 saturated heterocycles. The van der Waals surface area contributed by atoms with Gasteiger partial charge in [0.15, 0.2) is 5.82 Å². The lowest BCUT2D eigenvalue weighted by atomic mass is 9.66. The zero-order chi connectivity index (χ0) is 23.2. The molecule has 4 heterocycles. The number of cyclic esters (lactones) is 1. The van der Waals surface area contributed by atoms with Crippen LogP contribution in [0, 0.1) is 5.41 Å². The molecule has 2 N–H and O–H groups in total. The highest BCUT2D eigenvalue weighted by Crippen LogP contribution is 2.50. The molecule has 33 heavy (non-hydrogen) atoms. The molecule has 0 radical (unpaired) electrons. The number of nitrogens with one attached hydrogen (secondary N) is 2. The molecular formula is C22H30N8O3. The predicted octanol–water partition coefficient (Wildman–Crippen LogP) is 1.06. The van der Waals surface area contributed by atoms with Crippen molar-refractivity contribution in [2.45, 2.75) is 58.0 Å². The standard InChI is InChI=1S/C22H30N8O3/c1-15-17(13-33-19(15)31)29-11-10-22(20(29)32)8-6-21(2,7-9-22)28(3)12-16-4-5-18(25-24-16)30-14-23-26-27-30/h4-5,14,26-27H,6-13H2,1-3H3/t21-,22+. The van der Waals surface area contributed by atoms with Gasteiger partial charge in [-0.05, 0) is 65.1 Å². The molecule has 0 aromatic carbocycles. The number of aromatic nitrogens is 2. The second-order valence-corrected chi connectivity index (χ2v) is 9.71. The maximum absolute atomic E-state index is 13.4. The summed E-state index contributed by atoms with van der Waals surface area (Å²) in [7, 11) is 2.12. The van der Waals surface area contributed by atoms with E-state index in [2.05, 4.69) is 45.2 Å². The van der Waals surface area contributed by atoms with Crippen LogP contribution in [0.25, 0.3) is 0 Å². The third-order valence-electron chi connectivity index (χ3n) is 7.88. The van der Waals surface area contributed by atoms with Crippen LogP contribution in [0.4, 0.5) is 5.82 Å². The number of hydrogen-bond donors (Lipinski definition) is 2. The van der Waals surface area contributed by atoms with E-state index in [1.165, 1.54) is 0 Å². The van der Waals surface area contributed by atoms with Crippen molar-refractivity contribution in [2.75, 3.05) is 25.2 Å². The molecule has 11 heteroatoms. The first kappa shape index (κ1) is 21.8. The molecule has 1 aromatic heterocycles. The normalized spacial score (nSPS) is 29.6. The van der Waals surface area contributed by atoms with Gasteiger partial charge in [0.25, 0.3) is 0 Å². The summed E-state index contributed by atoms with van der Waals surface area (Å²) >= 11 is 0. The number of hydrogen-bond acceptors (Lipinski definition) is 10. The minimum absolute atomic E-state index is 0.0198. The highest BCUT2D eigenvalue weighted by molar-refractivity contribution is 5.94. The Bertz CT molecular complexity index is 1010. The van der Waals surface area contributed by atoms with Crippen molar-refractivity contribution < 1.29 is 14.3 Å². The van der Waals surface area contributed by atoms with Gasteiger partial charge in [0.05, 0.1) is 22.4 Å². The van der Waals surface area contributed by atoms with E-state index in [4.69, 9.17) is 4.74 Å². The van der Waals surface area contributed by atoms with Gasteiger partial charge in [-0.1, -0.05) is 0 Å². The number of carbonyl (C=O) groups is 2. The number of carbonyl (C=O) groups excluding carboxylic acids is 2. The molecule has 0 unspecified atom stereocenters. The molecule has 1 aromatic rings. The minimum atomic E-state index is -0.320. The van der Waals surface area contributed by atoms with Crippen molar-refractivity contribution in [3.63, 3.8) is 0 Å². The summed E-state index contributed by atoms with van der Waals surface area (Å²) in [6, 6.07) is 3.88. The minimum Gasteiger partial charge on any atom is -0.456 e. The van der Waals surface area contributed by atoms with Crippen LogP contribution in [-0.2, 0) is 20.9 Å². The van der Waals surface area contributed by atoms with Gasteiger partial charge in [0, 0.05) is 18.6 Å². The second-order valence-electron chi connectivity index (χ2n) is 9.71. The molecule has 11 nitrogen and oxygen atoms in total. The quantitative estimate of drug-likeness (QED) is 0.630. The molecule has 1 spiro atoms. The highest BCUT2D eigenvalue weighted by Gasteiger charge is 2.52. The summed E-state index contributed by atoms with van der Waals surface area (Å²) in [5, 5.41) is 14.2. The van der Waals surface area contributed by atoms with Crippen LogP contribution >= 0.6 is 0 Å². The van der Waals surface area contributed by atoms with Crippen LogP contribution in [-0.4, -0.2) is 64.0 Å². The molecule has 0 bridgehead atoms. The Morgan fingerprint density at radius 1 is 1.15 bits per heavy atom. The van der Waals surface area contributed by atoms with Crippen LogP contribution in [0.15, 0.2) is 28.5 Å². The Morgan fingerprint density at radius 2 is 1.94 bits per heavy atom. The fourth-order valence-electron chi connectivity index (χ4n) is 5.25. The summed E-state index contributed by atoms with van der Waals surface area (Å²) in [4.78, 5) is 29.3. The monoisotopic (exact) mass is 454 g/mol. The number of esters is 1. The van der Waals surface area contributed by atoms with Crippen LogP contribution in [0.2, 0.25) is 0 Å². The maximum atomic E-state index is 13.4. The van der Waals surface area contributed by atoms with Crippen molar-refractivity contribution in [1.29, 1.82) is 0 Å². The van der Waals surface area contributed by atoms with Gasteiger partial charge in [0.2, 0.25) is 5.91 Å². The molecule has 1 amide bonds. The fourth-order valence-corrected chi connectivity index (χ4v) is 5.25. The Hall–Kier alpha value is -3.05. The number of likely N-dealkylation sites (tertiary alicyclic amines) is 1. The number of anilines is 1.